The van der Waals surface area contributed by atoms with Crippen molar-refractivity contribution in [2.75, 3.05) is 13.2 Å². The summed E-state index contributed by atoms with van der Waals surface area (Å²) in [4.78, 5) is 23.0. The minimum atomic E-state index is -1.11. The predicted molar refractivity (Wildman–Crippen MR) is 61.3 cm³/mol. The zero-order chi connectivity index (χ0) is 12.7. The number of alkyl halides is 1. The quantitative estimate of drug-likeness (QED) is 0.425. The topological polar surface area (TPSA) is 52.6 Å². The van der Waals surface area contributed by atoms with E-state index < -0.39 is 17.3 Å². The van der Waals surface area contributed by atoms with Crippen LogP contribution < -0.4 is 0 Å². The minimum Gasteiger partial charge on any atom is -0.465 e. The lowest BCUT2D eigenvalue weighted by atomic mass is 10.1. The molecule has 0 rings (SSSR count). The molecule has 16 heavy (non-hydrogen) atoms. The Kier molecular flexibility index (Phi) is 6.81. The van der Waals surface area contributed by atoms with E-state index in [0.717, 1.165) is 0 Å². The Bertz CT molecular complexity index is 292. The van der Waals surface area contributed by atoms with E-state index in [1.54, 1.807) is 27.7 Å². The smallest absolute Gasteiger partial charge is 0.336 e. The molecular formula is C11H17ClO4. The molecule has 0 bridgehead atoms. The van der Waals surface area contributed by atoms with Gasteiger partial charge in [-0.15, -0.1) is 11.6 Å². The number of rotatable bonds is 5. The second-order valence-electron chi connectivity index (χ2n) is 3.25. The van der Waals surface area contributed by atoms with E-state index in [1.165, 1.54) is 0 Å². The van der Waals surface area contributed by atoms with Crippen LogP contribution in [0.1, 0.15) is 27.7 Å². The fraction of sp³-hybridized carbons (Fsp3) is 0.636. The van der Waals surface area contributed by atoms with Crippen molar-refractivity contribution in [3.63, 3.8) is 0 Å². The zero-order valence-corrected chi connectivity index (χ0v) is 10.8. The van der Waals surface area contributed by atoms with Crippen molar-refractivity contribution in [1.29, 1.82) is 0 Å². The first-order valence-electron chi connectivity index (χ1n) is 5.10. The van der Waals surface area contributed by atoms with E-state index in [1.807, 2.05) is 0 Å². The van der Waals surface area contributed by atoms with Gasteiger partial charge in [0.2, 0.25) is 0 Å². The van der Waals surface area contributed by atoms with Crippen LogP contribution in [0, 0.1) is 0 Å². The molecule has 0 aliphatic rings. The van der Waals surface area contributed by atoms with Crippen molar-refractivity contribution in [3.8, 4) is 0 Å². The number of carbonyl (C=O) groups excluding carboxylic acids is 2. The number of esters is 2. The lowest BCUT2D eigenvalue weighted by Crippen LogP contribution is -2.26. The average Bonchev–Trinajstić information content (AvgIpc) is 2.17. The molecule has 0 radical (unpaired) electrons. The van der Waals surface area contributed by atoms with Gasteiger partial charge in [0.15, 0.2) is 5.38 Å². The molecule has 0 N–H and O–H groups in total. The van der Waals surface area contributed by atoms with Crippen LogP contribution in [0.3, 0.4) is 0 Å². The maximum atomic E-state index is 11.6. The molecule has 0 saturated heterocycles. The molecular weight excluding hydrogens is 232 g/mol. The standard InChI is InChI=1S/C11H17ClO4/c1-5-15-10(13)8(7(3)4)9(12)11(14)16-6-2/h9H,5-6H2,1-4H3. The molecule has 0 aliphatic heterocycles. The monoisotopic (exact) mass is 248 g/mol. The number of halogens is 1. The van der Waals surface area contributed by atoms with Gasteiger partial charge >= 0.3 is 11.9 Å². The van der Waals surface area contributed by atoms with E-state index in [9.17, 15) is 9.59 Å². The summed E-state index contributed by atoms with van der Waals surface area (Å²) in [6, 6.07) is 0. The first-order chi connectivity index (χ1) is 7.45. The van der Waals surface area contributed by atoms with E-state index in [2.05, 4.69) is 0 Å². The lowest BCUT2D eigenvalue weighted by Gasteiger charge is -2.13. The van der Waals surface area contributed by atoms with Crippen LogP contribution in [0.4, 0.5) is 0 Å². The molecule has 0 amide bonds. The van der Waals surface area contributed by atoms with Crippen molar-refractivity contribution >= 4 is 23.5 Å². The fourth-order valence-electron chi connectivity index (χ4n) is 1.10. The van der Waals surface area contributed by atoms with Crippen LogP contribution in [0.5, 0.6) is 0 Å². The summed E-state index contributed by atoms with van der Waals surface area (Å²) in [6.45, 7) is 7.22. The Morgan fingerprint density at radius 3 is 2.00 bits per heavy atom. The van der Waals surface area contributed by atoms with Gasteiger partial charge in [-0.2, -0.15) is 0 Å². The average molecular weight is 249 g/mol. The zero-order valence-electron chi connectivity index (χ0n) is 10.0. The maximum absolute atomic E-state index is 11.6. The Hall–Kier alpha value is -1.03. The summed E-state index contributed by atoms with van der Waals surface area (Å²) in [5.74, 6) is -1.20. The van der Waals surface area contributed by atoms with Crippen LogP contribution in [0.15, 0.2) is 11.1 Å². The van der Waals surface area contributed by atoms with Crippen LogP contribution in [-0.2, 0) is 19.1 Å². The Morgan fingerprint density at radius 2 is 1.62 bits per heavy atom. The molecule has 0 aromatic rings. The highest BCUT2D eigenvalue weighted by Gasteiger charge is 2.28. The summed E-state index contributed by atoms with van der Waals surface area (Å²) in [7, 11) is 0. The van der Waals surface area contributed by atoms with Gasteiger partial charge in [-0.3, -0.25) is 4.79 Å². The van der Waals surface area contributed by atoms with Gasteiger partial charge in [-0.1, -0.05) is 5.57 Å². The van der Waals surface area contributed by atoms with Gasteiger partial charge in [0, 0.05) is 0 Å². The van der Waals surface area contributed by atoms with Crippen molar-refractivity contribution in [1.82, 2.24) is 0 Å². The van der Waals surface area contributed by atoms with Gasteiger partial charge in [0.05, 0.1) is 18.8 Å². The Labute approximate surface area is 101 Å². The van der Waals surface area contributed by atoms with Crippen LogP contribution in [0.25, 0.3) is 0 Å². The number of hydrogen-bond acceptors (Lipinski definition) is 4. The van der Waals surface area contributed by atoms with E-state index in [0.29, 0.717) is 5.57 Å². The number of carbonyl (C=O) groups is 2. The molecule has 5 heteroatoms. The molecule has 1 unspecified atom stereocenters. The van der Waals surface area contributed by atoms with Gasteiger partial charge < -0.3 is 9.47 Å². The van der Waals surface area contributed by atoms with E-state index >= 15 is 0 Å². The summed E-state index contributed by atoms with van der Waals surface area (Å²) in [5, 5.41) is -1.11. The molecule has 0 saturated carbocycles. The van der Waals surface area contributed by atoms with E-state index in [4.69, 9.17) is 21.1 Å². The third kappa shape index (κ3) is 4.23. The maximum Gasteiger partial charge on any atom is 0.336 e. The Morgan fingerprint density at radius 1 is 1.12 bits per heavy atom. The summed E-state index contributed by atoms with van der Waals surface area (Å²) < 4.78 is 9.58. The van der Waals surface area contributed by atoms with Gasteiger partial charge in [0.25, 0.3) is 0 Å². The van der Waals surface area contributed by atoms with Crippen LogP contribution in [-0.4, -0.2) is 30.5 Å². The normalized spacial score (nSPS) is 11.6. The van der Waals surface area contributed by atoms with Crippen molar-refractivity contribution in [2.45, 2.75) is 33.1 Å². The SMILES string of the molecule is CCOC(=O)C(=C(C)C)C(Cl)C(=O)OCC. The molecule has 0 spiro atoms. The molecule has 4 nitrogen and oxygen atoms in total. The van der Waals surface area contributed by atoms with E-state index in [-0.39, 0.29) is 18.8 Å². The van der Waals surface area contributed by atoms with Crippen molar-refractivity contribution < 1.29 is 19.1 Å². The molecule has 0 aromatic heterocycles. The fourth-order valence-corrected chi connectivity index (χ4v) is 1.47. The highest BCUT2D eigenvalue weighted by atomic mass is 35.5. The first kappa shape index (κ1) is 15.0. The van der Waals surface area contributed by atoms with Crippen LogP contribution >= 0.6 is 11.6 Å². The highest BCUT2D eigenvalue weighted by molar-refractivity contribution is 6.34. The number of ether oxygens (including phenoxy) is 2. The molecule has 1 atom stereocenters. The number of allylic oxidation sites excluding steroid dienone is 1. The third-order valence-corrected chi connectivity index (χ3v) is 2.18. The van der Waals surface area contributed by atoms with Crippen molar-refractivity contribution in [3.05, 3.63) is 11.1 Å². The van der Waals surface area contributed by atoms with Gasteiger partial charge in [-0.25, -0.2) is 4.79 Å². The molecule has 0 aromatic carbocycles. The van der Waals surface area contributed by atoms with Crippen LogP contribution in [0.2, 0.25) is 0 Å². The molecule has 0 heterocycles. The summed E-state index contributed by atoms with van der Waals surface area (Å²) in [5.41, 5.74) is 0.800. The Balaban J connectivity index is 4.88. The first-order valence-corrected chi connectivity index (χ1v) is 5.54. The highest BCUT2D eigenvalue weighted by Crippen LogP contribution is 2.18. The lowest BCUT2D eigenvalue weighted by molar-refractivity contribution is -0.145. The molecule has 92 valence electrons. The molecule has 0 fully saturated rings. The molecule has 0 aliphatic carbocycles. The summed E-state index contributed by atoms with van der Waals surface area (Å²) >= 11 is 5.87. The summed E-state index contributed by atoms with van der Waals surface area (Å²) in [6.07, 6.45) is 0. The van der Waals surface area contributed by atoms with Crippen molar-refractivity contribution in [2.24, 2.45) is 0 Å². The van der Waals surface area contributed by atoms with Gasteiger partial charge in [0.1, 0.15) is 0 Å². The second-order valence-corrected chi connectivity index (χ2v) is 3.69. The van der Waals surface area contributed by atoms with Gasteiger partial charge in [-0.05, 0) is 27.7 Å². The minimum absolute atomic E-state index is 0.155. The second kappa shape index (κ2) is 7.28. The largest absolute Gasteiger partial charge is 0.465 e. The predicted octanol–water partition coefficient (Wildman–Crippen LogP) is 2.06. The number of hydrogen-bond donors (Lipinski definition) is 0. The third-order valence-electron chi connectivity index (χ3n) is 1.78.